The number of anilines is 1. The number of carbonyl (C=O) groups excluding carboxylic acids is 4. The van der Waals surface area contributed by atoms with Gasteiger partial charge in [-0.2, -0.15) is 0 Å². The molecule has 378 valence electrons. The number of aromatic nitrogens is 3. The summed E-state index contributed by atoms with van der Waals surface area (Å²) in [6.45, 7) is 2.03. The van der Waals surface area contributed by atoms with Gasteiger partial charge < -0.3 is 34.4 Å². The summed E-state index contributed by atoms with van der Waals surface area (Å²) < 4.78 is 31.2. The standard InChI is InChI=1S/C59H55FN4O10/c1-39(65)72-36-58(71,37-73-40(2)66)56(69)52(68)35-43-19-24-45(25-20-43)55-51(32-33-53(74-41(3)67)44-26-28-49(60)29-27-44)57(70)64(55)50-30-21-42(22-31-50)23-34-54-61-38-63(62-54)59(46-13-7-4-8-14-46,47-15-9-5-10-16-47)48-17-11-6-12-18-48/h4-22,24-31,38,51-53,55-56,68-69,71H,32-33,35-37H2,1-3H3/t51?,52?,53-,55+,56?/m0/s1. The molecule has 8 rings (SSSR count). The molecule has 74 heavy (non-hydrogen) atoms. The van der Waals surface area contributed by atoms with Crippen LogP contribution in [0.2, 0.25) is 0 Å². The third kappa shape index (κ3) is 11.6. The highest BCUT2D eigenvalue weighted by Gasteiger charge is 2.49. The number of nitrogens with zero attached hydrogens (tertiary/aromatic N) is 4. The number of esters is 3. The second kappa shape index (κ2) is 23.1. The molecule has 1 fully saturated rings. The van der Waals surface area contributed by atoms with Crippen LogP contribution in [0.5, 0.6) is 0 Å². The summed E-state index contributed by atoms with van der Waals surface area (Å²) in [4.78, 5) is 55.9. The monoisotopic (exact) mass is 998 g/mol. The van der Waals surface area contributed by atoms with E-state index in [2.05, 4.69) is 53.2 Å². The van der Waals surface area contributed by atoms with E-state index in [1.54, 1.807) is 47.6 Å². The molecule has 3 unspecified atom stereocenters. The summed E-state index contributed by atoms with van der Waals surface area (Å²) in [5, 5.41) is 38.3. The Labute approximate surface area is 428 Å². The molecule has 1 saturated heterocycles. The highest BCUT2D eigenvalue weighted by Crippen LogP contribution is 2.47. The number of halogens is 1. The molecule has 14 nitrogen and oxygen atoms in total. The molecule has 1 aliphatic heterocycles. The SMILES string of the molecule is CC(=O)OCC(O)(COC(C)=O)C(O)C(O)Cc1ccc([C@@H]2C(CC[C@H](OC(C)=O)c3ccc(F)cc3)C(=O)N2c2ccc(C#Cc3ncn(C(c4ccccc4)(c4ccccc4)c4ccccc4)n3)cc2)cc1. The Kier molecular flexibility index (Phi) is 16.2. The van der Waals surface area contributed by atoms with E-state index >= 15 is 0 Å². The molecular formula is C59H55FN4O10. The van der Waals surface area contributed by atoms with Gasteiger partial charge in [-0.25, -0.2) is 14.1 Å². The maximum Gasteiger partial charge on any atom is 0.303 e. The first-order valence-electron chi connectivity index (χ1n) is 24.1. The minimum Gasteiger partial charge on any atom is -0.463 e. The molecule has 1 aromatic heterocycles. The minimum atomic E-state index is -2.31. The molecule has 6 aromatic carbocycles. The lowest BCUT2D eigenvalue weighted by atomic mass is 9.77. The van der Waals surface area contributed by atoms with Crippen LogP contribution in [0.4, 0.5) is 10.1 Å². The summed E-state index contributed by atoms with van der Waals surface area (Å²) in [5.74, 6) is 3.41. The molecule has 0 saturated carbocycles. The van der Waals surface area contributed by atoms with E-state index < -0.39 is 78.4 Å². The fourth-order valence-corrected chi connectivity index (χ4v) is 9.48. The molecule has 0 spiro atoms. The topological polar surface area (TPSA) is 191 Å². The fraction of sp³-hybridized carbons (Fsp3) is 0.254. The van der Waals surface area contributed by atoms with Crippen LogP contribution in [0.15, 0.2) is 170 Å². The van der Waals surface area contributed by atoms with Crippen molar-refractivity contribution in [2.24, 2.45) is 5.92 Å². The van der Waals surface area contributed by atoms with Gasteiger partial charge in [0.05, 0.1) is 18.1 Å². The first kappa shape index (κ1) is 52.0. The Morgan fingerprint density at radius 2 is 1.24 bits per heavy atom. The lowest BCUT2D eigenvalue weighted by Gasteiger charge is -2.48. The number of hydrogen-bond donors (Lipinski definition) is 3. The minimum absolute atomic E-state index is 0.158. The number of amides is 1. The predicted octanol–water partition coefficient (Wildman–Crippen LogP) is 7.57. The van der Waals surface area contributed by atoms with Gasteiger partial charge in [0.1, 0.15) is 43.1 Å². The van der Waals surface area contributed by atoms with Crippen molar-refractivity contribution >= 4 is 29.5 Å². The van der Waals surface area contributed by atoms with Crippen molar-refractivity contribution in [3.63, 3.8) is 0 Å². The van der Waals surface area contributed by atoms with E-state index in [9.17, 15) is 38.9 Å². The van der Waals surface area contributed by atoms with E-state index in [0.29, 0.717) is 34.6 Å². The normalized spacial score (nSPS) is 15.7. The van der Waals surface area contributed by atoms with Crippen LogP contribution in [-0.4, -0.2) is 84.9 Å². The van der Waals surface area contributed by atoms with E-state index in [1.165, 1.54) is 19.1 Å². The summed E-state index contributed by atoms with van der Waals surface area (Å²) in [5.41, 5.74) is 2.91. The maximum absolute atomic E-state index is 14.3. The zero-order valence-electron chi connectivity index (χ0n) is 41.0. The predicted molar refractivity (Wildman–Crippen MR) is 271 cm³/mol. The smallest absolute Gasteiger partial charge is 0.303 e. The molecule has 5 atom stereocenters. The average Bonchev–Trinajstić information content (AvgIpc) is 3.89. The molecule has 15 heteroatoms. The first-order valence-corrected chi connectivity index (χ1v) is 24.1. The third-order valence-corrected chi connectivity index (χ3v) is 13.1. The summed E-state index contributed by atoms with van der Waals surface area (Å²) in [7, 11) is 0. The average molecular weight is 999 g/mol. The number of benzene rings is 6. The fourth-order valence-electron chi connectivity index (χ4n) is 9.48. The van der Waals surface area contributed by atoms with Gasteiger partial charge in [-0.15, -0.1) is 5.10 Å². The maximum atomic E-state index is 14.3. The van der Waals surface area contributed by atoms with Crippen molar-refractivity contribution in [1.29, 1.82) is 0 Å². The number of carbonyl (C=O) groups is 4. The van der Waals surface area contributed by atoms with Gasteiger partial charge in [-0.05, 0) is 88.5 Å². The Hall–Kier alpha value is -8.29. The molecule has 3 N–H and O–H groups in total. The quantitative estimate of drug-likeness (QED) is 0.0237. The molecule has 0 radical (unpaired) electrons. The molecule has 0 bridgehead atoms. The number of ether oxygens (including phenoxy) is 3. The number of β-lactam (4-membered cyclic amide) rings is 1. The van der Waals surface area contributed by atoms with Gasteiger partial charge in [0.25, 0.3) is 0 Å². The number of hydrogen-bond acceptors (Lipinski definition) is 12. The van der Waals surface area contributed by atoms with Crippen molar-refractivity contribution in [3.8, 4) is 11.8 Å². The Balaban J connectivity index is 1.05. The van der Waals surface area contributed by atoms with Crippen molar-refractivity contribution in [1.82, 2.24) is 14.8 Å². The number of aliphatic hydroxyl groups excluding tert-OH is 2. The Morgan fingerprint density at radius 1 is 0.703 bits per heavy atom. The van der Waals surface area contributed by atoms with Crippen molar-refractivity contribution in [3.05, 3.63) is 221 Å². The third-order valence-electron chi connectivity index (χ3n) is 13.1. The molecule has 0 aliphatic carbocycles. The van der Waals surface area contributed by atoms with Crippen LogP contribution < -0.4 is 4.90 Å². The number of rotatable bonds is 19. The van der Waals surface area contributed by atoms with Crippen molar-refractivity contribution in [2.75, 3.05) is 18.1 Å². The molecule has 7 aromatic rings. The lowest BCUT2D eigenvalue weighted by molar-refractivity contribution is -0.190. The van der Waals surface area contributed by atoms with Crippen LogP contribution in [0.3, 0.4) is 0 Å². The van der Waals surface area contributed by atoms with Crippen LogP contribution in [0.25, 0.3) is 0 Å². The van der Waals surface area contributed by atoms with Crippen LogP contribution in [-0.2, 0) is 45.3 Å². The highest BCUT2D eigenvalue weighted by molar-refractivity contribution is 6.03. The molecule has 1 amide bonds. The largest absolute Gasteiger partial charge is 0.463 e. The van der Waals surface area contributed by atoms with Crippen LogP contribution in [0.1, 0.15) is 90.5 Å². The summed E-state index contributed by atoms with van der Waals surface area (Å²) >= 11 is 0. The zero-order valence-corrected chi connectivity index (χ0v) is 41.0. The van der Waals surface area contributed by atoms with Crippen LogP contribution >= 0.6 is 0 Å². The van der Waals surface area contributed by atoms with E-state index in [4.69, 9.17) is 19.3 Å². The van der Waals surface area contributed by atoms with Crippen molar-refractivity contribution in [2.45, 2.75) is 75.5 Å². The van der Waals surface area contributed by atoms with Gasteiger partial charge in [0.15, 0.2) is 5.60 Å². The van der Waals surface area contributed by atoms with E-state index in [0.717, 1.165) is 36.1 Å². The van der Waals surface area contributed by atoms with E-state index in [1.807, 2.05) is 83.5 Å². The molecule has 1 aliphatic rings. The summed E-state index contributed by atoms with van der Waals surface area (Å²) in [6, 6.07) is 49.8. The molecule has 2 heterocycles. The number of aliphatic hydroxyl groups is 3. The van der Waals surface area contributed by atoms with Crippen molar-refractivity contribution < 1.29 is 53.1 Å². The lowest BCUT2D eigenvalue weighted by Crippen LogP contribution is -2.56. The Bertz CT molecular complexity index is 2990. The van der Waals surface area contributed by atoms with E-state index in [-0.39, 0.29) is 18.7 Å². The second-order valence-electron chi connectivity index (χ2n) is 18.2. The van der Waals surface area contributed by atoms with Crippen LogP contribution in [0, 0.1) is 23.6 Å². The highest BCUT2D eigenvalue weighted by atomic mass is 19.1. The summed E-state index contributed by atoms with van der Waals surface area (Å²) in [6.07, 6.45) is -2.12. The Morgan fingerprint density at radius 3 is 1.76 bits per heavy atom. The van der Waals surface area contributed by atoms with Gasteiger partial charge >= 0.3 is 17.9 Å². The van der Waals surface area contributed by atoms with Gasteiger partial charge in [-0.1, -0.05) is 133 Å². The first-order chi connectivity index (χ1) is 35.7. The van der Waals surface area contributed by atoms with Gasteiger partial charge in [0.2, 0.25) is 11.7 Å². The second-order valence-corrected chi connectivity index (χ2v) is 18.2. The molecular weight excluding hydrogens is 944 g/mol. The zero-order chi connectivity index (χ0) is 52.4. The van der Waals surface area contributed by atoms with Gasteiger partial charge in [0, 0.05) is 38.4 Å². The van der Waals surface area contributed by atoms with Gasteiger partial charge in [-0.3, -0.25) is 19.2 Å².